The lowest BCUT2D eigenvalue weighted by Crippen LogP contribution is -1.97. The maximum absolute atomic E-state index is 5.21. The normalized spacial score (nSPS) is 15.9. The number of hydrogen-bond acceptors (Lipinski definition) is 3. The van der Waals surface area contributed by atoms with Crippen LogP contribution in [0.15, 0.2) is 41.0 Å². The van der Waals surface area contributed by atoms with Crippen molar-refractivity contribution < 1.29 is 0 Å². The number of aromatic amines is 1. The molecule has 1 aliphatic carbocycles. The number of aromatic nitrogens is 3. The van der Waals surface area contributed by atoms with Crippen molar-refractivity contribution in [1.82, 2.24) is 14.9 Å². The first-order valence-electron chi connectivity index (χ1n) is 6.69. The van der Waals surface area contributed by atoms with E-state index < -0.39 is 0 Å². The van der Waals surface area contributed by atoms with Crippen molar-refractivity contribution in [2.24, 2.45) is 5.10 Å². The van der Waals surface area contributed by atoms with Crippen LogP contribution in [0.5, 0.6) is 0 Å². The molecule has 0 saturated heterocycles. The number of H-pyrrole nitrogens is 1. The van der Waals surface area contributed by atoms with Gasteiger partial charge in [-0.2, -0.15) is 14.9 Å². The molecule has 4 nitrogen and oxygen atoms in total. The van der Waals surface area contributed by atoms with Crippen LogP contribution in [0.1, 0.15) is 37.1 Å². The molecule has 0 radical (unpaired) electrons. The third-order valence-corrected chi connectivity index (χ3v) is 3.45. The first-order valence-corrected chi connectivity index (χ1v) is 7.10. The van der Waals surface area contributed by atoms with E-state index in [-0.39, 0.29) is 0 Å². The average Bonchev–Trinajstić information content (AvgIpc) is 3.22. The Bertz CT molecular complexity index is 705. The molecule has 1 aliphatic rings. The van der Waals surface area contributed by atoms with Crippen molar-refractivity contribution in [3.8, 4) is 0 Å². The van der Waals surface area contributed by atoms with Gasteiger partial charge in [0.25, 0.3) is 0 Å². The molecule has 0 unspecified atom stereocenters. The van der Waals surface area contributed by atoms with E-state index >= 15 is 0 Å². The van der Waals surface area contributed by atoms with E-state index in [1.54, 1.807) is 4.68 Å². The minimum atomic E-state index is 0.513. The molecular formula is C15H16N4S. The summed E-state index contributed by atoms with van der Waals surface area (Å²) in [6, 6.07) is 10.2. The second-order valence-electron chi connectivity index (χ2n) is 5.02. The van der Waals surface area contributed by atoms with Gasteiger partial charge in [-0.3, -0.25) is 5.10 Å². The molecule has 0 atom stereocenters. The predicted molar refractivity (Wildman–Crippen MR) is 83.4 cm³/mol. The largest absolute Gasteiger partial charge is 0.250 e. The zero-order valence-corrected chi connectivity index (χ0v) is 12.1. The Morgan fingerprint density at radius 3 is 2.85 bits per heavy atom. The SMILES string of the molecule is CC(/C=N\n1c(C2CC2)n[nH]c1=S)=C\c1ccccc1. The highest BCUT2D eigenvalue weighted by atomic mass is 32.1. The smallest absolute Gasteiger partial charge is 0.216 e. The molecule has 1 heterocycles. The first kappa shape index (κ1) is 13.0. The minimum absolute atomic E-state index is 0.513. The summed E-state index contributed by atoms with van der Waals surface area (Å²) in [6.07, 6.45) is 6.26. The van der Waals surface area contributed by atoms with E-state index in [4.69, 9.17) is 12.2 Å². The Hall–Kier alpha value is -2.01. The Morgan fingerprint density at radius 1 is 1.40 bits per heavy atom. The lowest BCUT2D eigenvalue weighted by atomic mass is 10.1. The maximum atomic E-state index is 5.21. The molecule has 102 valence electrons. The minimum Gasteiger partial charge on any atom is -0.250 e. The molecule has 1 aromatic carbocycles. The standard InChI is InChI=1S/C15H16N4S/c1-11(9-12-5-3-2-4-6-12)10-16-19-14(13-7-8-13)17-18-15(19)20/h2-6,9-10,13H,7-8H2,1H3,(H,18,20)/b11-9+,16-10-. The average molecular weight is 284 g/mol. The van der Waals surface area contributed by atoms with Crippen LogP contribution < -0.4 is 0 Å². The molecule has 2 aromatic rings. The molecule has 0 amide bonds. The second-order valence-corrected chi connectivity index (χ2v) is 5.40. The number of hydrogen-bond donors (Lipinski definition) is 1. The fourth-order valence-corrected chi connectivity index (χ4v) is 2.21. The van der Waals surface area contributed by atoms with Gasteiger partial charge in [-0.1, -0.05) is 36.4 Å². The van der Waals surface area contributed by atoms with Crippen molar-refractivity contribution in [2.75, 3.05) is 0 Å². The van der Waals surface area contributed by atoms with E-state index in [2.05, 4.69) is 33.5 Å². The number of nitrogens with one attached hydrogen (secondary N) is 1. The van der Waals surface area contributed by atoms with Crippen LogP contribution in [-0.4, -0.2) is 21.1 Å². The van der Waals surface area contributed by atoms with Gasteiger partial charge in [0.05, 0.1) is 6.21 Å². The quantitative estimate of drug-likeness (QED) is 0.686. The number of allylic oxidation sites excluding steroid dienone is 1. The number of benzene rings is 1. The Balaban J connectivity index is 1.82. The van der Waals surface area contributed by atoms with E-state index in [0.717, 1.165) is 17.0 Å². The van der Waals surface area contributed by atoms with Crippen molar-refractivity contribution in [3.05, 3.63) is 52.1 Å². The zero-order chi connectivity index (χ0) is 13.9. The fourth-order valence-electron chi connectivity index (χ4n) is 2.02. The van der Waals surface area contributed by atoms with Gasteiger partial charge in [-0.15, -0.1) is 0 Å². The lowest BCUT2D eigenvalue weighted by Gasteiger charge is -1.98. The van der Waals surface area contributed by atoms with Crippen LogP contribution in [0.3, 0.4) is 0 Å². The molecule has 1 aromatic heterocycles. The first-order chi connectivity index (χ1) is 9.74. The summed E-state index contributed by atoms with van der Waals surface area (Å²) < 4.78 is 2.28. The number of rotatable bonds is 4. The highest BCUT2D eigenvalue weighted by molar-refractivity contribution is 7.71. The molecule has 1 N–H and O–H groups in total. The predicted octanol–water partition coefficient (Wildman–Crippen LogP) is 3.76. The summed E-state index contributed by atoms with van der Waals surface area (Å²) in [5.74, 6) is 1.46. The summed E-state index contributed by atoms with van der Waals surface area (Å²) in [7, 11) is 0. The van der Waals surface area contributed by atoms with Gasteiger partial charge in [0, 0.05) is 5.92 Å². The summed E-state index contributed by atoms with van der Waals surface area (Å²) >= 11 is 5.21. The summed E-state index contributed by atoms with van der Waals surface area (Å²) in [4.78, 5) is 0. The van der Waals surface area contributed by atoms with Crippen LogP contribution in [-0.2, 0) is 0 Å². The number of nitrogens with zero attached hydrogens (tertiary/aromatic N) is 3. The molecule has 1 saturated carbocycles. The second kappa shape index (κ2) is 5.54. The lowest BCUT2D eigenvalue weighted by molar-refractivity contribution is 0.772. The molecule has 0 spiro atoms. The molecule has 1 fully saturated rings. The summed E-state index contributed by atoms with van der Waals surface area (Å²) in [5.41, 5.74) is 2.23. The Morgan fingerprint density at radius 2 is 2.15 bits per heavy atom. The molecule has 20 heavy (non-hydrogen) atoms. The third kappa shape index (κ3) is 2.93. The van der Waals surface area contributed by atoms with Gasteiger partial charge < -0.3 is 0 Å². The zero-order valence-electron chi connectivity index (χ0n) is 11.3. The highest BCUT2D eigenvalue weighted by Gasteiger charge is 2.29. The van der Waals surface area contributed by atoms with Crippen LogP contribution in [0.2, 0.25) is 0 Å². The van der Waals surface area contributed by atoms with Gasteiger partial charge in [-0.25, -0.2) is 0 Å². The van der Waals surface area contributed by atoms with E-state index in [1.165, 1.54) is 12.8 Å². The van der Waals surface area contributed by atoms with Gasteiger partial charge in [0.15, 0.2) is 5.82 Å². The Labute approximate surface area is 122 Å². The van der Waals surface area contributed by atoms with Crippen LogP contribution in [0.25, 0.3) is 6.08 Å². The Kier molecular flexibility index (Phi) is 3.60. The fraction of sp³-hybridized carbons (Fsp3) is 0.267. The molecule has 0 bridgehead atoms. The summed E-state index contributed by atoms with van der Waals surface area (Å²) in [6.45, 7) is 2.02. The van der Waals surface area contributed by atoms with Crippen molar-refractivity contribution in [1.29, 1.82) is 0 Å². The summed E-state index contributed by atoms with van der Waals surface area (Å²) in [5, 5.41) is 11.5. The molecular weight excluding hydrogens is 268 g/mol. The van der Waals surface area contributed by atoms with Gasteiger partial charge >= 0.3 is 0 Å². The van der Waals surface area contributed by atoms with Crippen LogP contribution in [0.4, 0.5) is 0 Å². The topological polar surface area (TPSA) is 46.0 Å². The third-order valence-electron chi connectivity index (χ3n) is 3.19. The van der Waals surface area contributed by atoms with Crippen molar-refractivity contribution in [3.63, 3.8) is 0 Å². The van der Waals surface area contributed by atoms with Gasteiger partial charge in [0.2, 0.25) is 4.77 Å². The van der Waals surface area contributed by atoms with Crippen LogP contribution >= 0.6 is 12.2 Å². The molecule has 0 aliphatic heterocycles. The van der Waals surface area contributed by atoms with E-state index in [9.17, 15) is 0 Å². The highest BCUT2D eigenvalue weighted by Crippen LogP contribution is 2.38. The van der Waals surface area contributed by atoms with Gasteiger partial charge in [0.1, 0.15) is 0 Å². The molecule has 5 heteroatoms. The maximum Gasteiger partial charge on any atom is 0.216 e. The van der Waals surface area contributed by atoms with Crippen molar-refractivity contribution >= 4 is 24.5 Å². The van der Waals surface area contributed by atoms with Crippen molar-refractivity contribution in [2.45, 2.75) is 25.7 Å². The van der Waals surface area contributed by atoms with E-state index in [1.807, 2.05) is 31.3 Å². The van der Waals surface area contributed by atoms with Crippen LogP contribution in [0, 0.1) is 4.77 Å². The monoisotopic (exact) mass is 284 g/mol. The molecule has 3 rings (SSSR count). The van der Waals surface area contributed by atoms with Gasteiger partial charge in [-0.05, 0) is 43.1 Å². The van der Waals surface area contributed by atoms with E-state index in [0.29, 0.717) is 10.7 Å².